The molecule has 1 amide bonds. The molecule has 1 aromatic carbocycles. The Balaban J connectivity index is 1.92. The van der Waals surface area contributed by atoms with Crippen LogP contribution in [0, 0.1) is 5.82 Å². The third-order valence-corrected chi connectivity index (χ3v) is 4.53. The Hall–Kier alpha value is -2.38. The number of nitrogens with zero attached hydrogens (tertiary/aromatic N) is 3. The first-order valence-corrected chi connectivity index (χ1v) is 8.71. The van der Waals surface area contributed by atoms with Gasteiger partial charge in [0, 0.05) is 18.5 Å². The number of aromatic nitrogens is 2. The highest BCUT2D eigenvalue weighted by Gasteiger charge is 2.21. The van der Waals surface area contributed by atoms with Gasteiger partial charge in [-0.1, -0.05) is 17.4 Å². The van der Waals surface area contributed by atoms with Crippen molar-refractivity contribution in [3.8, 4) is 0 Å². The fourth-order valence-corrected chi connectivity index (χ4v) is 3.22. The standard InChI is InChI=1S/C18H18FN3O2S/c1-12(2)24-11-17(23)22(10-13-4-3-7-20-9-13)18-21-15-8-14(19)5-6-16(15)25-18/h3-9,12H,10-11H2,1-2H3. The largest absolute Gasteiger partial charge is 0.369 e. The van der Waals surface area contributed by atoms with E-state index in [0.717, 1.165) is 10.3 Å². The topological polar surface area (TPSA) is 55.3 Å². The summed E-state index contributed by atoms with van der Waals surface area (Å²) in [5.74, 6) is -0.547. The molecule has 0 spiro atoms. The molecule has 7 heteroatoms. The molecule has 3 aromatic rings. The van der Waals surface area contributed by atoms with Gasteiger partial charge in [0.1, 0.15) is 12.4 Å². The van der Waals surface area contributed by atoms with Crippen LogP contribution in [-0.4, -0.2) is 28.6 Å². The molecule has 0 aliphatic rings. The molecule has 0 radical (unpaired) electrons. The van der Waals surface area contributed by atoms with Gasteiger partial charge in [-0.25, -0.2) is 9.37 Å². The van der Waals surface area contributed by atoms with E-state index >= 15 is 0 Å². The van der Waals surface area contributed by atoms with E-state index in [0.29, 0.717) is 17.2 Å². The zero-order chi connectivity index (χ0) is 17.8. The third-order valence-electron chi connectivity index (χ3n) is 3.47. The smallest absolute Gasteiger partial charge is 0.255 e. The second-order valence-electron chi connectivity index (χ2n) is 5.81. The van der Waals surface area contributed by atoms with Crippen LogP contribution in [0.3, 0.4) is 0 Å². The minimum absolute atomic E-state index is 0.0395. The second-order valence-corrected chi connectivity index (χ2v) is 6.82. The highest BCUT2D eigenvalue weighted by Crippen LogP contribution is 2.30. The Bertz CT molecular complexity index is 867. The fraction of sp³-hybridized carbons (Fsp3) is 0.278. The number of halogens is 1. The zero-order valence-corrected chi connectivity index (χ0v) is 14.8. The zero-order valence-electron chi connectivity index (χ0n) is 14.0. The maximum absolute atomic E-state index is 13.4. The summed E-state index contributed by atoms with van der Waals surface area (Å²) in [7, 11) is 0. The van der Waals surface area contributed by atoms with Crippen molar-refractivity contribution in [3.63, 3.8) is 0 Å². The number of pyridine rings is 1. The Morgan fingerprint density at radius 3 is 2.92 bits per heavy atom. The van der Waals surface area contributed by atoms with Gasteiger partial charge in [0.15, 0.2) is 5.13 Å². The Kier molecular flexibility index (Phi) is 5.35. The van der Waals surface area contributed by atoms with Crippen LogP contribution < -0.4 is 4.90 Å². The van der Waals surface area contributed by atoms with E-state index in [2.05, 4.69) is 9.97 Å². The summed E-state index contributed by atoms with van der Waals surface area (Å²) in [6.07, 6.45) is 3.34. The normalized spacial score (nSPS) is 11.2. The highest BCUT2D eigenvalue weighted by atomic mass is 32.1. The van der Waals surface area contributed by atoms with E-state index in [1.165, 1.54) is 23.5 Å². The first kappa shape index (κ1) is 17.4. The Labute approximate surface area is 149 Å². The van der Waals surface area contributed by atoms with Gasteiger partial charge >= 0.3 is 0 Å². The molecule has 2 aromatic heterocycles. The van der Waals surface area contributed by atoms with Crippen molar-refractivity contribution in [2.45, 2.75) is 26.5 Å². The van der Waals surface area contributed by atoms with E-state index < -0.39 is 0 Å². The van der Waals surface area contributed by atoms with Crippen molar-refractivity contribution in [2.75, 3.05) is 11.5 Å². The lowest BCUT2D eigenvalue weighted by Gasteiger charge is -2.20. The third kappa shape index (κ3) is 4.37. The lowest BCUT2D eigenvalue weighted by Crippen LogP contribution is -2.34. The first-order valence-electron chi connectivity index (χ1n) is 7.90. The number of rotatable bonds is 6. The number of amides is 1. The van der Waals surface area contributed by atoms with Crippen LogP contribution in [0.4, 0.5) is 9.52 Å². The predicted molar refractivity (Wildman–Crippen MR) is 96.1 cm³/mol. The SMILES string of the molecule is CC(C)OCC(=O)N(Cc1cccnc1)c1nc2cc(F)ccc2s1. The van der Waals surface area contributed by atoms with Crippen molar-refractivity contribution in [3.05, 3.63) is 54.1 Å². The molecule has 0 atom stereocenters. The summed E-state index contributed by atoms with van der Waals surface area (Å²) in [5.41, 5.74) is 1.42. The van der Waals surface area contributed by atoms with E-state index in [1.54, 1.807) is 23.4 Å². The lowest BCUT2D eigenvalue weighted by atomic mass is 10.2. The number of carbonyl (C=O) groups excluding carboxylic acids is 1. The van der Waals surface area contributed by atoms with Crippen LogP contribution in [0.5, 0.6) is 0 Å². The summed E-state index contributed by atoms with van der Waals surface area (Å²) in [6, 6.07) is 8.13. The fourth-order valence-electron chi connectivity index (χ4n) is 2.26. The first-order chi connectivity index (χ1) is 12.0. The van der Waals surface area contributed by atoms with Crippen LogP contribution >= 0.6 is 11.3 Å². The molecule has 0 saturated heterocycles. The van der Waals surface area contributed by atoms with E-state index in [9.17, 15) is 9.18 Å². The maximum atomic E-state index is 13.4. The number of fused-ring (bicyclic) bond motifs is 1. The summed E-state index contributed by atoms with van der Waals surface area (Å²) < 4.78 is 19.7. The Morgan fingerprint density at radius 1 is 1.36 bits per heavy atom. The van der Waals surface area contributed by atoms with Gasteiger partial charge in [0.05, 0.1) is 22.9 Å². The maximum Gasteiger partial charge on any atom is 0.255 e. The molecule has 130 valence electrons. The number of anilines is 1. The molecular weight excluding hydrogens is 341 g/mol. The van der Waals surface area contributed by atoms with Gasteiger partial charge in [-0.15, -0.1) is 0 Å². The number of hydrogen-bond donors (Lipinski definition) is 0. The molecule has 5 nitrogen and oxygen atoms in total. The van der Waals surface area contributed by atoms with Crippen molar-refractivity contribution in [1.82, 2.24) is 9.97 Å². The average Bonchev–Trinajstić information content (AvgIpc) is 3.01. The van der Waals surface area contributed by atoms with Crippen molar-refractivity contribution >= 4 is 32.6 Å². The molecule has 0 bridgehead atoms. The van der Waals surface area contributed by atoms with Crippen molar-refractivity contribution in [1.29, 1.82) is 0 Å². The average molecular weight is 359 g/mol. The molecule has 0 aliphatic carbocycles. The molecule has 3 rings (SSSR count). The molecule has 0 fully saturated rings. The van der Waals surface area contributed by atoms with Gasteiger partial charge in [-0.2, -0.15) is 0 Å². The molecule has 0 N–H and O–H groups in total. The van der Waals surface area contributed by atoms with Crippen LogP contribution in [0.1, 0.15) is 19.4 Å². The highest BCUT2D eigenvalue weighted by molar-refractivity contribution is 7.22. The van der Waals surface area contributed by atoms with Gasteiger partial charge in [0.2, 0.25) is 0 Å². The monoisotopic (exact) mass is 359 g/mol. The van der Waals surface area contributed by atoms with E-state index in [4.69, 9.17) is 4.74 Å². The number of ether oxygens (including phenoxy) is 1. The lowest BCUT2D eigenvalue weighted by molar-refractivity contribution is -0.124. The van der Waals surface area contributed by atoms with Gasteiger partial charge in [0.25, 0.3) is 5.91 Å². The van der Waals surface area contributed by atoms with Crippen LogP contribution in [0.15, 0.2) is 42.7 Å². The number of carbonyl (C=O) groups is 1. The minimum Gasteiger partial charge on any atom is -0.369 e. The molecule has 2 heterocycles. The second kappa shape index (κ2) is 7.67. The predicted octanol–water partition coefficient (Wildman–Crippen LogP) is 3.79. The molecule has 0 unspecified atom stereocenters. The Morgan fingerprint density at radius 2 is 2.20 bits per heavy atom. The van der Waals surface area contributed by atoms with Crippen molar-refractivity contribution < 1.29 is 13.9 Å². The molecule has 25 heavy (non-hydrogen) atoms. The van der Waals surface area contributed by atoms with Crippen molar-refractivity contribution in [2.24, 2.45) is 0 Å². The molecular formula is C18H18FN3O2S. The summed E-state index contributed by atoms with van der Waals surface area (Å²) >= 11 is 1.35. The van der Waals surface area contributed by atoms with Crippen LogP contribution in [0.2, 0.25) is 0 Å². The summed E-state index contributed by atoms with van der Waals surface area (Å²) in [5, 5.41) is 0.516. The molecule has 0 aliphatic heterocycles. The summed E-state index contributed by atoms with van der Waals surface area (Å²) in [4.78, 5) is 22.7. The molecule has 0 saturated carbocycles. The number of thiazole rings is 1. The number of benzene rings is 1. The van der Waals surface area contributed by atoms with Gasteiger partial charge < -0.3 is 4.74 Å². The quantitative estimate of drug-likeness (QED) is 0.672. The van der Waals surface area contributed by atoms with Gasteiger partial charge in [-0.05, 0) is 37.6 Å². The van der Waals surface area contributed by atoms with E-state index in [1.807, 2.05) is 26.0 Å². The van der Waals surface area contributed by atoms with E-state index in [-0.39, 0.29) is 24.4 Å². The summed E-state index contributed by atoms with van der Waals surface area (Å²) in [6.45, 7) is 4.04. The minimum atomic E-state index is -0.349. The van der Waals surface area contributed by atoms with Gasteiger partial charge in [-0.3, -0.25) is 14.7 Å². The van der Waals surface area contributed by atoms with Crippen LogP contribution in [-0.2, 0) is 16.1 Å². The number of hydrogen-bond acceptors (Lipinski definition) is 5. The van der Waals surface area contributed by atoms with Crippen LogP contribution in [0.25, 0.3) is 10.2 Å².